The van der Waals surface area contributed by atoms with E-state index in [4.69, 9.17) is 0 Å². The van der Waals surface area contributed by atoms with Crippen LogP contribution in [0.25, 0.3) is 0 Å². The molecule has 0 fully saturated rings. The minimum atomic E-state index is 0.563. The van der Waals surface area contributed by atoms with Gasteiger partial charge in [-0.1, -0.05) is 30.0 Å². The molecule has 5 heteroatoms. The van der Waals surface area contributed by atoms with Gasteiger partial charge in [0.1, 0.15) is 5.51 Å². The van der Waals surface area contributed by atoms with Crippen LogP contribution >= 0.6 is 23.1 Å². The zero-order valence-electron chi connectivity index (χ0n) is 6.57. The fourth-order valence-corrected chi connectivity index (χ4v) is 2.53. The summed E-state index contributed by atoms with van der Waals surface area (Å²) in [4.78, 5) is 0. The van der Waals surface area contributed by atoms with Crippen molar-refractivity contribution in [3.8, 4) is 0 Å². The minimum Gasteiger partial charge on any atom is -0.319 e. The molecule has 0 saturated heterocycles. The lowest BCUT2D eigenvalue weighted by molar-refractivity contribution is 0.784. The Hall–Kier alpha value is -0.130. The summed E-state index contributed by atoms with van der Waals surface area (Å²) in [7, 11) is 1.96. The Bertz CT molecular complexity index is 188. The number of aromatic nitrogens is 2. The van der Waals surface area contributed by atoms with Gasteiger partial charge in [0, 0.05) is 11.8 Å². The zero-order chi connectivity index (χ0) is 8.10. The molecule has 11 heavy (non-hydrogen) atoms. The van der Waals surface area contributed by atoms with E-state index in [-0.39, 0.29) is 0 Å². The summed E-state index contributed by atoms with van der Waals surface area (Å²) in [5, 5.41) is 11.4. The summed E-state index contributed by atoms with van der Waals surface area (Å²) < 4.78 is 1.05. The number of hydrogen-bond donors (Lipinski definition) is 1. The van der Waals surface area contributed by atoms with E-state index in [9.17, 15) is 0 Å². The second-order valence-electron chi connectivity index (χ2n) is 2.19. The third kappa shape index (κ3) is 3.18. The van der Waals surface area contributed by atoms with E-state index in [2.05, 4.69) is 22.4 Å². The molecule has 1 unspecified atom stereocenters. The van der Waals surface area contributed by atoms with Gasteiger partial charge in [0.15, 0.2) is 4.34 Å². The molecule has 3 nitrogen and oxygen atoms in total. The van der Waals surface area contributed by atoms with Gasteiger partial charge in [-0.3, -0.25) is 0 Å². The molecular weight excluding hydrogens is 178 g/mol. The van der Waals surface area contributed by atoms with Crippen molar-refractivity contribution in [2.75, 3.05) is 13.6 Å². The number of rotatable bonds is 4. The summed E-state index contributed by atoms with van der Waals surface area (Å²) in [5.41, 5.74) is 1.76. The number of thioether (sulfide) groups is 1. The number of nitrogens with one attached hydrogen (secondary N) is 1. The highest BCUT2D eigenvalue weighted by Crippen LogP contribution is 2.23. The van der Waals surface area contributed by atoms with Gasteiger partial charge in [-0.25, -0.2) is 0 Å². The Labute approximate surface area is 74.6 Å². The average Bonchev–Trinajstić information content (AvgIpc) is 2.40. The van der Waals surface area contributed by atoms with Gasteiger partial charge in [0.25, 0.3) is 0 Å². The maximum absolute atomic E-state index is 3.94. The zero-order valence-corrected chi connectivity index (χ0v) is 8.21. The van der Waals surface area contributed by atoms with E-state index in [0.717, 1.165) is 10.9 Å². The maximum atomic E-state index is 3.94. The van der Waals surface area contributed by atoms with Gasteiger partial charge in [-0.2, -0.15) is 0 Å². The molecule has 62 valence electrons. The molecule has 0 bridgehead atoms. The van der Waals surface area contributed by atoms with E-state index in [0.29, 0.717) is 5.25 Å². The molecule has 0 aliphatic heterocycles. The highest BCUT2D eigenvalue weighted by Gasteiger charge is 2.04. The van der Waals surface area contributed by atoms with Gasteiger partial charge < -0.3 is 5.32 Å². The first-order valence-electron chi connectivity index (χ1n) is 3.40. The molecule has 1 atom stereocenters. The lowest BCUT2D eigenvalue weighted by atomic mass is 10.5. The third-order valence-corrected chi connectivity index (χ3v) is 3.05. The van der Waals surface area contributed by atoms with Crippen LogP contribution in [0.5, 0.6) is 0 Å². The molecule has 1 rings (SSSR count). The second kappa shape index (κ2) is 4.69. The molecule has 0 aromatic carbocycles. The molecule has 1 aromatic rings. The summed E-state index contributed by atoms with van der Waals surface area (Å²) in [6.45, 7) is 3.17. The van der Waals surface area contributed by atoms with E-state index in [1.807, 2.05) is 7.05 Å². The molecule has 1 heterocycles. The van der Waals surface area contributed by atoms with Crippen molar-refractivity contribution in [1.82, 2.24) is 15.5 Å². The molecule has 1 N–H and O–H groups in total. The van der Waals surface area contributed by atoms with Crippen LogP contribution in [0, 0.1) is 0 Å². The topological polar surface area (TPSA) is 37.8 Å². The van der Waals surface area contributed by atoms with Crippen LogP contribution in [0.3, 0.4) is 0 Å². The summed E-state index contributed by atoms with van der Waals surface area (Å²) in [5.74, 6) is 0. The molecule has 0 amide bonds. The van der Waals surface area contributed by atoms with Crippen LogP contribution in [0.1, 0.15) is 6.92 Å². The monoisotopic (exact) mass is 189 g/mol. The predicted molar refractivity (Wildman–Crippen MR) is 49.2 cm³/mol. The summed E-state index contributed by atoms with van der Waals surface area (Å²) in [6.07, 6.45) is 0. The van der Waals surface area contributed by atoms with Gasteiger partial charge in [0.05, 0.1) is 0 Å². The van der Waals surface area contributed by atoms with Crippen LogP contribution < -0.4 is 5.32 Å². The highest BCUT2D eigenvalue weighted by atomic mass is 32.2. The molecule has 0 aliphatic rings. The van der Waals surface area contributed by atoms with Crippen LogP contribution in [0.4, 0.5) is 0 Å². The van der Waals surface area contributed by atoms with Gasteiger partial charge in [-0.15, -0.1) is 10.2 Å². The van der Waals surface area contributed by atoms with E-state index >= 15 is 0 Å². The first kappa shape index (κ1) is 8.96. The van der Waals surface area contributed by atoms with Crippen molar-refractivity contribution < 1.29 is 0 Å². The smallest absolute Gasteiger partial charge is 0.174 e. The van der Waals surface area contributed by atoms with E-state index in [1.54, 1.807) is 28.6 Å². The third-order valence-electron chi connectivity index (χ3n) is 1.13. The molecule has 0 spiro atoms. The quantitative estimate of drug-likeness (QED) is 0.723. The lowest BCUT2D eigenvalue weighted by Gasteiger charge is -2.05. The van der Waals surface area contributed by atoms with Crippen LogP contribution in [-0.2, 0) is 0 Å². The van der Waals surface area contributed by atoms with Crippen LogP contribution in [-0.4, -0.2) is 29.0 Å². The molecule has 0 radical (unpaired) electrons. The summed E-state index contributed by atoms with van der Waals surface area (Å²) in [6, 6.07) is 0. The Morgan fingerprint density at radius 3 is 3.18 bits per heavy atom. The first-order chi connectivity index (χ1) is 5.33. The van der Waals surface area contributed by atoms with Gasteiger partial charge in [0.2, 0.25) is 0 Å². The van der Waals surface area contributed by atoms with Crippen molar-refractivity contribution >= 4 is 23.1 Å². The van der Waals surface area contributed by atoms with E-state index in [1.165, 1.54) is 0 Å². The van der Waals surface area contributed by atoms with E-state index < -0.39 is 0 Å². The first-order valence-corrected chi connectivity index (χ1v) is 5.16. The largest absolute Gasteiger partial charge is 0.319 e. The van der Waals surface area contributed by atoms with Crippen LogP contribution in [0.2, 0.25) is 0 Å². The van der Waals surface area contributed by atoms with Gasteiger partial charge in [-0.05, 0) is 7.05 Å². The molecule has 0 aliphatic carbocycles. The lowest BCUT2D eigenvalue weighted by Crippen LogP contribution is -2.17. The summed E-state index contributed by atoms with van der Waals surface area (Å²) >= 11 is 3.35. The fraction of sp³-hybridized carbons (Fsp3) is 0.667. The average molecular weight is 189 g/mol. The Kier molecular flexibility index (Phi) is 3.82. The maximum Gasteiger partial charge on any atom is 0.174 e. The second-order valence-corrected chi connectivity index (χ2v) is 4.71. The van der Waals surface area contributed by atoms with Crippen LogP contribution in [0.15, 0.2) is 9.85 Å². The normalized spacial score (nSPS) is 13.3. The Balaban J connectivity index is 2.31. The van der Waals surface area contributed by atoms with Crippen molar-refractivity contribution in [3.05, 3.63) is 5.51 Å². The van der Waals surface area contributed by atoms with Gasteiger partial charge >= 0.3 is 0 Å². The van der Waals surface area contributed by atoms with Crippen molar-refractivity contribution in [3.63, 3.8) is 0 Å². The fourth-order valence-electron chi connectivity index (χ4n) is 0.716. The van der Waals surface area contributed by atoms with Crippen molar-refractivity contribution in [1.29, 1.82) is 0 Å². The minimum absolute atomic E-state index is 0.563. The van der Waals surface area contributed by atoms with Crippen molar-refractivity contribution in [2.45, 2.75) is 16.5 Å². The Morgan fingerprint density at radius 1 is 1.82 bits per heavy atom. The standard InChI is InChI=1S/C6H11N3S2/c1-5(3-7-2)11-6-9-8-4-10-6/h4-5,7H,3H2,1-2H3. The number of hydrogen-bond acceptors (Lipinski definition) is 5. The van der Waals surface area contributed by atoms with Crippen molar-refractivity contribution in [2.24, 2.45) is 0 Å². The molecular formula is C6H11N3S2. The molecule has 0 saturated carbocycles. The Morgan fingerprint density at radius 2 is 2.64 bits per heavy atom. The molecule has 1 aromatic heterocycles. The SMILES string of the molecule is CNCC(C)Sc1nncs1. The predicted octanol–water partition coefficient (Wildman–Crippen LogP) is 1.24. The number of nitrogens with zero attached hydrogens (tertiary/aromatic N) is 2. The highest BCUT2D eigenvalue weighted by molar-refractivity contribution is 8.01.